The number of allylic oxidation sites excluding steroid dienone is 6. The Balaban J connectivity index is 0. The molecule has 0 spiro atoms. The third-order valence-corrected chi connectivity index (χ3v) is 1.75. The van der Waals surface area contributed by atoms with Gasteiger partial charge in [-0.15, -0.1) is 0 Å². The van der Waals surface area contributed by atoms with E-state index in [0.717, 1.165) is 0 Å². The first-order chi connectivity index (χ1) is 7.13. The predicted octanol–water partition coefficient (Wildman–Crippen LogP) is 3.71. The molecule has 1 radical (unpaired) electrons. The fourth-order valence-corrected chi connectivity index (χ4v) is 1.15. The van der Waals surface area contributed by atoms with Gasteiger partial charge in [0.25, 0.3) is 0 Å². The zero-order valence-corrected chi connectivity index (χ0v) is 11.5. The van der Waals surface area contributed by atoms with E-state index in [2.05, 4.69) is 24.3 Å². The van der Waals surface area contributed by atoms with Gasteiger partial charge in [0.15, 0.2) is 5.78 Å². The second kappa shape index (κ2) is 12.4. The van der Waals surface area contributed by atoms with Crippen molar-refractivity contribution in [3.8, 4) is 0 Å². The molecule has 1 aliphatic rings. The molecule has 0 aromatic heterocycles. The van der Waals surface area contributed by atoms with Crippen molar-refractivity contribution in [2.75, 3.05) is 0 Å². The van der Waals surface area contributed by atoms with Crippen molar-refractivity contribution in [3.63, 3.8) is 0 Å². The Labute approximate surface area is 111 Å². The molecule has 0 amide bonds. The molecule has 0 aromatic rings. The van der Waals surface area contributed by atoms with Gasteiger partial charge in [0.2, 0.25) is 0 Å². The zero-order chi connectivity index (χ0) is 11.5. The number of ketones is 1. The summed E-state index contributed by atoms with van der Waals surface area (Å²) in [6, 6.07) is 0. The monoisotopic (exact) mass is 311 g/mol. The number of hydrogen-bond donors (Lipinski definition) is 1. The van der Waals surface area contributed by atoms with Crippen molar-refractivity contribution in [2.24, 2.45) is 0 Å². The number of hydrogen-bond acceptors (Lipinski definition) is 2. The van der Waals surface area contributed by atoms with Gasteiger partial charge in [-0.3, -0.25) is 4.79 Å². The fourth-order valence-electron chi connectivity index (χ4n) is 1.15. The largest absolute Gasteiger partial charge is 0.512 e. The van der Waals surface area contributed by atoms with Gasteiger partial charge in [-0.2, -0.15) is 0 Å². The number of carbonyl (C=O) groups excluding carboxylic acids is 1. The summed E-state index contributed by atoms with van der Waals surface area (Å²) in [5.41, 5.74) is 0. The average molecular weight is 311 g/mol. The maximum absolute atomic E-state index is 10.0. The van der Waals surface area contributed by atoms with Crippen molar-refractivity contribution in [3.05, 3.63) is 36.1 Å². The molecule has 93 valence electrons. The minimum atomic E-state index is -0.125. The molecule has 3 heteroatoms. The summed E-state index contributed by atoms with van der Waals surface area (Å²) in [5, 5.41) is 8.36. The van der Waals surface area contributed by atoms with E-state index in [-0.39, 0.29) is 31.0 Å². The Bertz CT molecular complexity index is 235. The van der Waals surface area contributed by atoms with E-state index in [9.17, 15) is 4.79 Å². The van der Waals surface area contributed by atoms with Crippen LogP contribution in [0.25, 0.3) is 0 Å². The first kappa shape index (κ1) is 17.7. The molecule has 0 aliphatic heterocycles. The molecule has 1 aliphatic carbocycles. The van der Waals surface area contributed by atoms with Crippen LogP contribution in [0.5, 0.6) is 0 Å². The van der Waals surface area contributed by atoms with Crippen LogP contribution in [-0.2, 0) is 24.3 Å². The van der Waals surface area contributed by atoms with Crippen LogP contribution in [-0.4, -0.2) is 10.9 Å². The molecule has 1 rings (SSSR count). The Morgan fingerprint density at radius 1 is 1.00 bits per heavy atom. The molecule has 2 nitrogen and oxygen atoms in total. The first-order valence-corrected chi connectivity index (χ1v) is 5.30. The van der Waals surface area contributed by atoms with Crippen LogP contribution < -0.4 is 0 Å². The van der Waals surface area contributed by atoms with Gasteiger partial charge >= 0.3 is 0 Å². The molecular weight excluding hydrogens is 291 g/mol. The Morgan fingerprint density at radius 2 is 1.31 bits per heavy atom. The van der Waals surface area contributed by atoms with Crippen LogP contribution in [0.4, 0.5) is 0 Å². The van der Waals surface area contributed by atoms with Gasteiger partial charge in [-0.25, -0.2) is 0 Å². The minimum Gasteiger partial charge on any atom is -0.512 e. The van der Waals surface area contributed by atoms with Gasteiger partial charge in [-0.1, -0.05) is 24.3 Å². The van der Waals surface area contributed by atoms with Crippen LogP contribution in [0.2, 0.25) is 0 Å². The molecule has 16 heavy (non-hydrogen) atoms. The average Bonchev–Trinajstić information content (AvgIpc) is 1.99. The zero-order valence-electron chi connectivity index (χ0n) is 9.90. The molecular formula is C13H20O2Rh. The molecule has 0 bridgehead atoms. The second-order valence-corrected chi connectivity index (χ2v) is 3.49. The van der Waals surface area contributed by atoms with Gasteiger partial charge in [-0.05, 0) is 39.5 Å². The van der Waals surface area contributed by atoms with Crippen molar-refractivity contribution in [2.45, 2.75) is 39.5 Å². The summed E-state index contributed by atoms with van der Waals surface area (Å²) in [6.45, 7) is 2.85. The van der Waals surface area contributed by atoms with E-state index < -0.39 is 0 Å². The van der Waals surface area contributed by atoms with E-state index in [0.29, 0.717) is 0 Å². The van der Waals surface area contributed by atoms with Crippen LogP contribution in [0.1, 0.15) is 39.5 Å². The van der Waals surface area contributed by atoms with Crippen LogP contribution in [0, 0.1) is 0 Å². The van der Waals surface area contributed by atoms with E-state index in [1.807, 2.05) is 0 Å². The van der Waals surface area contributed by atoms with Gasteiger partial charge < -0.3 is 5.11 Å². The summed E-state index contributed by atoms with van der Waals surface area (Å²) >= 11 is 0. The fraction of sp³-hybridized carbons (Fsp3) is 0.462. The maximum Gasteiger partial charge on any atom is 0.155 e. The third-order valence-electron chi connectivity index (χ3n) is 1.75. The predicted molar refractivity (Wildman–Crippen MR) is 63.8 cm³/mol. The minimum absolute atomic E-state index is 0. The van der Waals surface area contributed by atoms with Crippen molar-refractivity contribution < 1.29 is 29.4 Å². The van der Waals surface area contributed by atoms with Crippen molar-refractivity contribution in [1.29, 1.82) is 0 Å². The molecule has 0 atom stereocenters. The normalized spacial score (nSPS) is 17.0. The number of carbonyl (C=O) groups is 1. The van der Waals surface area contributed by atoms with Gasteiger partial charge in [0.05, 0.1) is 5.76 Å². The van der Waals surface area contributed by atoms with Crippen LogP contribution in [0.15, 0.2) is 36.1 Å². The SMILES string of the molecule is C1=CCC/C=C\CC1.CC(=O)/C=C(/C)O.[Rh]. The van der Waals surface area contributed by atoms with E-state index in [1.165, 1.54) is 45.6 Å². The maximum atomic E-state index is 10.0. The quantitative estimate of drug-likeness (QED) is 0.347. The van der Waals surface area contributed by atoms with Crippen molar-refractivity contribution >= 4 is 5.78 Å². The topological polar surface area (TPSA) is 37.3 Å². The Kier molecular flexibility index (Phi) is 13.7. The molecule has 0 aromatic carbocycles. The van der Waals surface area contributed by atoms with Crippen molar-refractivity contribution in [1.82, 2.24) is 0 Å². The molecule has 0 heterocycles. The Morgan fingerprint density at radius 3 is 1.44 bits per heavy atom. The van der Waals surface area contributed by atoms with E-state index >= 15 is 0 Å². The number of rotatable bonds is 1. The summed E-state index contributed by atoms with van der Waals surface area (Å²) in [7, 11) is 0. The number of aliphatic hydroxyl groups is 1. The Hall–Kier alpha value is -0.687. The van der Waals surface area contributed by atoms with E-state index in [1.54, 1.807) is 0 Å². The van der Waals surface area contributed by atoms with Gasteiger partial charge in [0.1, 0.15) is 0 Å². The van der Waals surface area contributed by atoms with E-state index in [4.69, 9.17) is 5.11 Å². The molecule has 0 fully saturated rings. The standard InChI is InChI=1S/C8H12.C5H8O2.Rh/c1-2-4-6-8-7-5-3-1;1-4(6)3-5(2)7;/h1-2,7-8H,3-6H2;3,6H,1-2H3;/b2-1-,8-7?;4-3-;. The molecule has 1 N–H and O–H groups in total. The smallest absolute Gasteiger partial charge is 0.155 e. The van der Waals surface area contributed by atoms with Crippen LogP contribution >= 0.6 is 0 Å². The molecule has 0 saturated heterocycles. The third kappa shape index (κ3) is 15.8. The summed E-state index contributed by atoms with van der Waals surface area (Å²) in [4.78, 5) is 10.0. The second-order valence-electron chi connectivity index (χ2n) is 3.49. The summed E-state index contributed by atoms with van der Waals surface area (Å²) < 4.78 is 0. The molecule has 0 saturated carbocycles. The first-order valence-electron chi connectivity index (χ1n) is 5.30. The van der Waals surface area contributed by atoms with Gasteiger partial charge in [0, 0.05) is 25.6 Å². The summed E-state index contributed by atoms with van der Waals surface area (Å²) in [5.74, 6) is -0.0625. The molecule has 0 unspecified atom stereocenters. The van der Waals surface area contributed by atoms with Crippen LogP contribution in [0.3, 0.4) is 0 Å². The number of aliphatic hydroxyl groups excluding tert-OH is 1. The summed E-state index contributed by atoms with van der Waals surface area (Å²) in [6.07, 6.45) is 15.2.